The Hall–Kier alpha value is -1.09. The van der Waals surface area contributed by atoms with Gasteiger partial charge in [0.2, 0.25) is 0 Å². The Bertz CT molecular complexity index is 378. The molecule has 1 unspecified atom stereocenters. The van der Waals surface area contributed by atoms with Crippen LogP contribution >= 0.6 is 12.2 Å². The first-order chi connectivity index (χ1) is 7.40. The minimum Gasteiger partial charge on any atom is -0.490 e. The topological polar surface area (TPSA) is 35.2 Å². The first-order valence-electron chi connectivity index (χ1n) is 5.43. The van der Waals surface area contributed by atoms with Crippen molar-refractivity contribution in [2.24, 2.45) is 5.73 Å². The fourth-order valence-electron chi connectivity index (χ4n) is 1.88. The molecule has 16 heavy (non-hydrogen) atoms. The van der Waals surface area contributed by atoms with E-state index in [4.69, 9.17) is 22.7 Å². The number of nitrogens with two attached hydrogens (primary N) is 1. The summed E-state index contributed by atoms with van der Waals surface area (Å²) in [5.41, 5.74) is 9.07. The van der Waals surface area contributed by atoms with Crippen LogP contribution in [0, 0.1) is 20.8 Å². The summed E-state index contributed by atoms with van der Waals surface area (Å²) < 4.78 is 5.87. The van der Waals surface area contributed by atoms with Crippen LogP contribution in [0.3, 0.4) is 0 Å². The van der Waals surface area contributed by atoms with E-state index < -0.39 is 0 Å². The van der Waals surface area contributed by atoms with Gasteiger partial charge >= 0.3 is 0 Å². The smallest absolute Gasteiger partial charge is 0.125 e. The molecular weight excluding hydrogens is 218 g/mol. The average molecular weight is 237 g/mol. The molecule has 0 aliphatic carbocycles. The van der Waals surface area contributed by atoms with Crippen LogP contribution in [0.2, 0.25) is 0 Å². The second-order valence-electron chi connectivity index (χ2n) is 4.33. The Morgan fingerprint density at radius 3 is 2.25 bits per heavy atom. The van der Waals surface area contributed by atoms with Crippen LogP contribution in [0.25, 0.3) is 0 Å². The van der Waals surface area contributed by atoms with E-state index in [1.807, 2.05) is 6.92 Å². The summed E-state index contributed by atoms with van der Waals surface area (Å²) in [6, 6.07) is 4.24. The van der Waals surface area contributed by atoms with Crippen LogP contribution < -0.4 is 10.5 Å². The number of rotatable bonds is 4. The van der Waals surface area contributed by atoms with Crippen molar-refractivity contribution in [1.82, 2.24) is 0 Å². The largest absolute Gasteiger partial charge is 0.490 e. The molecule has 0 aliphatic rings. The Morgan fingerprint density at radius 2 is 1.81 bits per heavy atom. The first kappa shape index (κ1) is 13.0. The lowest BCUT2D eigenvalue weighted by Gasteiger charge is -2.18. The SMILES string of the molecule is Cc1cc(C)c(OC(C)CC(N)=S)c(C)c1. The van der Waals surface area contributed by atoms with Crippen LogP contribution in [0.1, 0.15) is 30.0 Å². The van der Waals surface area contributed by atoms with Gasteiger partial charge in [0.15, 0.2) is 0 Å². The van der Waals surface area contributed by atoms with Gasteiger partial charge in [0.05, 0.1) is 4.99 Å². The summed E-state index contributed by atoms with van der Waals surface area (Å²) in [7, 11) is 0. The number of hydrogen-bond donors (Lipinski definition) is 1. The van der Waals surface area contributed by atoms with E-state index in [9.17, 15) is 0 Å². The zero-order chi connectivity index (χ0) is 12.3. The van der Waals surface area contributed by atoms with Crippen LogP contribution in [0.4, 0.5) is 0 Å². The van der Waals surface area contributed by atoms with Crippen molar-refractivity contribution in [3.63, 3.8) is 0 Å². The Kier molecular flexibility index (Phi) is 4.30. The van der Waals surface area contributed by atoms with Crippen LogP contribution in [-0.2, 0) is 0 Å². The summed E-state index contributed by atoms with van der Waals surface area (Å²) in [6.07, 6.45) is 0.639. The standard InChI is InChI=1S/C13H19NOS/c1-8-5-9(2)13(10(3)6-8)15-11(4)7-12(14)16/h5-6,11H,7H2,1-4H3,(H2,14,16). The van der Waals surface area contributed by atoms with Gasteiger partial charge in [-0.2, -0.15) is 0 Å². The van der Waals surface area contributed by atoms with Gasteiger partial charge in [0.1, 0.15) is 11.9 Å². The monoisotopic (exact) mass is 237 g/mol. The van der Waals surface area contributed by atoms with Crippen molar-refractivity contribution in [2.75, 3.05) is 0 Å². The maximum absolute atomic E-state index is 5.87. The molecule has 0 saturated heterocycles. The van der Waals surface area contributed by atoms with Gasteiger partial charge < -0.3 is 10.5 Å². The number of benzene rings is 1. The van der Waals surface area contributed by atoms with Gasteiger partial charge in [-0.3, -0.25) is 0 Å². The molecule has 3 heteroatoms. The fourth-order valence-corrected chi connectivity index (χ4v) is 2.11. The molecule has 2 nitrogen and oxygen atoms in total. The molecule has 1 atom stereocenters. The third-order valence-electron chi connectivity index (χ3n) is 2.41. The minimum atomic E-state index is 0.0256. The first-order valence-corrected chi connectivity index (χ1v) is 5.83. The number of ether oxygens (including phenoxy) is 1. The molecule has 0 bridgehead atoms. The van der Waals surface area contributed by atoms with Gasteiger partial charge in [-0.1, -0.05) is 29.9 Å². The maximum Gasteiger partial charge on any atom is 0.125 e. The van der Waals surface area contributed by atoms with E-state index in [0.29, 0.717) is 11.4 Å². The summed E-state index contributed by atoms with van der Waals surface area (Å²) in [6.45, 7) is 8.19. The highest BCUT2D eigenvalue weighted by Crippen LogP contribution is 2.25. The molecule has 88 valence electrons. The Balaban J connectivity index is 2.85. The van der Waals surface area contributed by atoms with Crippen molar-refractivity contribution in [2.45, 2.75) is 40.2 Å². The van der Waals surface area contributed by atoms with Gasteiger partial charge in [-0.25, -0.2) is 0 Å². The van der Waals surface area contributed by atoms with Crippen molar-refractivity contribution in [3.8, 4) is 5.75 Å². The lowest BCUT2D eigenvalue weighted by Crippen LogP contribution is -2.21. The molecule has 0 amide bonds. The van der Waals surface area contributed by atoms with Crippen molar-refractivity contribution in [3.05, 3.63) is 28.8 Å². The molecular formula is C13H19NOS. The van der Waals surface area contributed by atoms with Crippen LogP contribution in [-0.4, -0.2) is 11.1 Å². The highest BCUT2D eigenvalue weighted by Gasteiger charge is 2.10. The maximum atomic E-state index is 5.87. The van der Waals surface area contributed by atoms with Gasteiger partial charge in [-0.05, 0) is 38.8 Å². The third-order valence-corrected chi connectivity index (χ3v) is 2.58. The van der Waals surface area contributed by atoms with Crippen LogP contribution in [0.5, 0.6) is 5.75 Å². The highest BCUT2D eigenvalue weighted by molar-refractivity contribution is 7.80. The van der Waals surface area contributed by atoms with Crippen LogP contribution in [0.15, 0.2) is 12.1 Å². The van der Waals surface area contributed by atoms with Gasteiger partial charge in [0.25, 0.3) is 0 Å². The highest BCUT2D eigenvalue weighted by atomic mass is 32.1. The predicted octanol–water partition coefficient (Wildman–Crippen LogP) is 3.06. The molecule has 0 aromatic heterocycles. The third kappa shape index (κ3) is 3.49. The van der Waals surface area contributed by atoms with E-state index in [1.165, 1.54) is 5.56 Å². The second-order valence-corrected chi connectivity index (χ2v) is 4.85. The Morgan fingerprint density at radius 1 is 1.31 bits per heavy atom. The summed E-state index contributed by atoms with van der Waals surface area (Å²) in [5.74, 6) is 0.953. The van der Waals surface area contributed by atoms with E-state index in [1.54, 1.807) is 0 Å². The van der Waals surface area contributed by atoms with E-state index in [-0.39, 0.29) is 6.10 Å². The molecule has 0 saturated carbocycles. The predicted molar refractivity (Wildman–Crippen MR) is 72.1 cm³/mol. The molecule has 0 heterocycles. The van der Waals surface area contributed by atoms with Crippen molar-refractivity contribution < 1.29 is 4.74 Å². The normalized spacial score (nSPS) is 12.2. The molecule has 1 rings (SSSR count). The molecule has 1 aromatic rings. The van der Waals surface area contributed by atoms with Crippen molar-refractivity contribution >= 4 is 17.2 Å². The summed E-state index contributed by atoms with van der Waals surface area (Å²) in [4.78, 5) is 0.495. The molecule has 0 spiro atoms. The summed E-state index contributed by atoms with van der Waals surface area (Å²) >= 11 is 4.87. The minimum absolute atomic E-state index is 0.0256. The molecule has 0 aliphatic heterocycles. The van der Waals surface area contributed by atoms with Gasteiger partial charge in [0, 0.05) is 6.42 Å². The average Bonchev–Trinajstić information content (AvgIpc) is 2.09. The summed E-state index contributed by atoms with van der Waals surface area (Å²) in [5, 5.41) is 0. The quantitative estimate of drug-likeness (QED) is 0.817. The van der Waals surface area contributed by atoms with Gasteiger partial charge in [-0.15, -0.1) is 0 Å². The number of hydrogen-bond acceptors (Lipinski definition) is 2. The zero-order valence-corrected chi connectivity index (χ0v) is 11.1. The number of aryl methyl sites for hydroxylation is 3. The lowest BCUT2D eigenvalue weighted by molar-refractivity contribution is 0.227. The lowest BCUT2D eigenvalue weighted by atomic mass is 10.1. The fraction of sp³-hybridized carbons (Fsp3) is 0.462. The van der Waals surface area contributed by atoms with Crippen molar-refractivity contribution in [1.29, 1.82) is 0 Å². The van der Waals surface area contributed by atoms with E-state index in [2.05, 4.69) is 32.9 Å². The second kappa shape index (κ2) is 5.30. The number of thiocarbonyl (C=S) groups is 1. The molecule has 1 aromatic carbocycles. The van der Waals surface area contributed by atoms with E-state index >= 15 is 0 Å². The molecule has 0 radical (unpaired) electrons. The zero-order valence-electron chi connectivity index (χ0n) is 10.3. The molecule has 0 fully saturated rings. The molecule has 2 N–H and O–H groups in total. The Labute approximate surface area is 103 Å². The van der Waals surface area contributed by atoms with E-state index in [0.717, 1.165) is 16.9 Å².